The molecule has 0 aliphatic carbocycles. The Labute approximate surface area is 148 Å². The maximum absolute atomic E-state index is 12.0. The number of H-pyrrole nitrogens is 1. The first-order valence-corrected chi connectivity index (χ1v) is 8.48. The number of carbonyl (C=O) groups is 2. The Morgan fingerprint density at radius 3 is 2.48 bits per heavy atom. The number of aromatic amines is 1. The van der Waals surface area contributed by atoms with Gasteiger partial charge in [0.2, 0.25) is 5.91 Å². The van der Waals surface area contributed by atoms with E-state index < -0.39 is 11.5 Å². The lowest BCUT2D eigenvalue weighted by atomic mass is 10.1. The molecule has 0 fully saturated rings. The molecule has 0 atom stereocenters. The number of carbonyl (C=O) groups excluding carboxylic acids is 2. The van der Waals surface area contributed by atoms with Crippen LogP contribution in [-0.2, 0) is 16.0 Å². The van der Waals surface area contributed by atoms with Gasteiger partial charge in [0, 0.05) is 18.1 Å². The third-order valence-electron chi connectivity index (χ3n) is 3.16. The highest BCUT2D eigenvalue weighted by molar-refractivity contribution is 7.99. The molecular weight excluding hydrogens is 344 g/mol. The number of aryl methyl sites for hydroxylation is 3. The van der Waals surface area contributed by atoms with Crippen LogP contribution >= 0.6 is 11.8 Å². The predicted molar refractivity (Wildman–Crippen MR) is 91.3 cm³/mol. The molecule has 0 spiro atoms. The summed E-state index contributed by atoms with van der Waals surface area (Å²) in [5, 5.41) is 20.9. The van der Waals surface area contributed by atoms with E-state index in [-0.39, 0.29) is 35.4 Å². The number of amides is 1. The second-order valence-corrected chi connectivity index (χ2v) is 6.46. The fourth-order valence-corrected chi connectivity index (χ4v) is 2.78. The van der Waals surface area contributed by atoms with Crippen molar-refractivity contribution >= 4 is 29.3 Å². The highest BCUT2D eigenvalue weighted by atomic mass is 32.2. The molecule has 0 bridgehead atoms. The first-order valence-electron chi connectivity index (χ1n) is 7.50. The zero-order valence-electron chi connectivity index (χ0n) is 13.8. The largest absolute Gasteiger partial charge is 0.550 e. The van der Waals surface area contributed by atoms with Gasteiger partial charge >= 0.3 is 0 Å². The molecule has 1 amide bonds. The third-order valence-corrected chi connectivity index (χ3v) is 4.02. The number of aliphatic carboxylic acids is 1. The molecule has 2 N–H and O–H groups in total. The van der Waals surface area contributed by atoms with Gasteiger partial charge in [0.15, 0.2) is 5.16 Å². The predicted octanol–water partition coefficient (Wildman–Crippen LogP) is 0.195. The lowest BCUT2D eigenvalue weighted by Gasteiger charge is -2.07. The molecule has 1 aromatic carbocycles. The van der Waals surface area contributed by atoms with Gasteiger partial charge in [-0.3, -0.25) is 14.6 Å². The number of thioether (sulfide) groups is 1. The molecule has 2 aromatic rings. The van der Waals surface area contributed by atoms with E-state index in [0.717, 1.165) is 22.9 Å². The molecule has 1 heterocycles. The molecule has 0 aliphatic heterocycles. The molecule has 0 aliphatic rings. The first kappa shape index (κ1) is 18.7. The van der Waals surface area contributed by atoms with Crippen molar-refractivity contribution in [3.8, 4) is 0 Å². The van der Waals surface area contributed by atoms with Crippen molar-refractivity contribution in [2.45, 2.75) is 31.8 Å². The number of aromatic nitrogens is 3. The van der Waals surface area contributed by atoms with Crippen LogP contribution in [0.25, 0.3) is 0 Å². The normalized spacial score (nSPS) is 10.5. The zero-order chi connectivity index (χ0) is 18.4. The smallest absolute Gasteiger partial charge is 0.273 e. The summed E-state index contributed by atoms with van der Waals surface area (Å²) >= 11 is 1.03. The molecule has 0 unspecified atom stereocenters. The first-order chi connectivity index (χ1) is 11.8. The van der Waals surface area contributed by atoms with Crippen LogP contribution in [-0.4, -0.2) is 32.8 Å². The maximum Gasteiger partial charge on any atom is 0.273 e. The zero-order valence-corrected chi connectivity index (χ0v) is 14.6. The van der Waals surface area contributed by atoms with Crippen molar-refractivity contribution in [3.05, 3.63) is 45.4 Å². The van der Waals surface area contributed by atoms with E-state index in [1.807, 2.05) is 32.0 Å². The molecule has 1 aromatic heterocycles. The van der Waals surface area contributed by atoms with Gasteiger partial charge in [-0.2, -0.15) is 0 Å². The summed E-state index contributed by atoms with van der Waals surface area (Å²) in [4.78, 5) is 36.6. The van der Waals surface area contributed by atoms with Crippen molar-refractivity contribution in [2.24, 2.45) is 0 Å². The molecule has 0 saturated carbocycles. The van der Waals surface area contributed by atoms with Crippen molar-refractivity contribution in [1.82, 2.24) is 15.2 Å². The maximum atomic E-state index is 12.0. The van der Waals surface area contributed by atoms with Gasteiger partial charge in [0.05, 0.1) is 5.75 Å². The molecular formula is C16H17N4O4S-. The second-order valence-electron chi connectivity index (χ2n) is 5.49. The van der Waals surface area contributed by atoms with Crippen LogP contribution in [0, 0.1) is 13.8 Å². The van der Waals surface area contributed by atoms with Gasteiger partial charge in [0.1, 0.15) is 5.69 Å². The standard InChI is InChI=1S/C16H18N4O4S/c1-9-5-10(2)7-11(6-9)17-13(21)8-25-16-18-15(24)12(19-20-16)3-4-14(22)23/h5-7H,3-4,8H2,1-2H3,(H,17,21)(H,22,23)(H,18,20,24)/p-1. The summed E-state index contributed by atoms with van der Waals surface area (Å²) in [6, 6.07) is 5.74. The van der Waals surface area contributed by atoms with E-state index in [2.05, 4.69) is 20.5 Å². The van der Waals surface area contributed by atoms with Crippen LogP contribution in [0.4, 0.5) is 5.69 Å². The van der Waals surface area contributed by atoms with E-state index in [4.69, 9.17) is 0 Å². The highest BCUT2D eigenvalue weighted by Crippen LogP contribution is 2.15. The minimum Gasteiger partial charge on any atom is -0.550 e. The average Bonchev–Trinajstić information content (AvgIpc) is 2.50. The second kappa shape index (κ2) is 8.43. The summed E-state index contributed by atoms with van der Waals surface area (Å²) in [5.74, 6) is -1.45. The van der Waals surface area contributed by atoms with Gasteiger partial charge in [0.25, 0.3) is 5.56 Å². The third kappa shape index (κ3) is 6.03. The monoisotopic (exact) mass is 361 g/mol. The quantitative estimate of drug-likeness (QED) is 0.674. The molecule has 132 valence electrons. The Kier molecular flexibility index (Phi) is 6.29. The molecule has 0 saturated heterocycles. The highest BCUT2D eigenvalue weighted by Gasteiger charge is 2.09. The van der Waals surface area contributed by atoms with Crippen LogP contribution in [0.5, 0.6) is 0 Å². The fourth-order valence-electron chi connectivity index (χ4n) is 2.17. The molecule has 25 heavy (non-hydrogen) atoms. The van der Waals surface area contributed by atoms with Gasteiger partial charge in [-0.1, -0.05) is 17.8 Å². The Balaban J connectivity index is 1.92. The Morgan fingerprint density at radius 2 is 1.88 bits per heavy atom. The summed E-state index contributed by atoms with van der Waals surface area (Å²) in [6.45, 7) is 3.89. The molecule has 9 heteroatoms. The van der Waals surface area contributed by atoms with E-state index in [0.29, 0.717) is 5.69 Å². The van der Waals surface area contributed by atoms with Crippen molar-refractivity contribution in [3.63, 3.8) is 0 Å². The molecule has 0 radical (unpaired) electrons. The summed E-state index contributed by atoms with van der Waals surface area (Å²) in [5.41, 5.74) is 2.30. The van der Waals surface area contributed by atoms with Crippen LogP contribution in [0.3, 0.4) is 0 Å². The number of hydrogen-bond donors (Lipinski definition) is 2. The number of anilines is 1. The SMILES string of the molecule is Cc1cc(C)cc(NC(=O)CSc2nnc(CCC(=O)[O-])c(=O)[nH]2)c1. The van der Waals surface area contributed by atoms with Gasteiger partial charge in [-0.15, -0.1) is 10.2 Å². The topological polar surface area (TPSA) is 128 Å². The Morgan fingerprint density at radius 1 is 1.20 bits per heavy atom. The molecule has 8 nitrogen and oxygen atoms in total. The van der Waals surface area contributed by atoms with Crippen LogP contribution in [0.1, 0.15) is 23.2 Å². The number of carboxylic acid groups (broad SMARTS) is 1. The average molecular weight is 361 g/mol. The van der Waals surface area contributed by atoms with E-state index in [9.17, 15) is 19.5 Å². The number of hydrogen-bond acceptors (Lipinski definition) is 7. The Bertz CT molecular complexity index is 830. The number of nitrogens with zero attached hydrogens (tertiary/aromatic N) is 2. The lowest BCUT2D eigenvalue weighted by Crippen LogP contribution is -2.25. The number of carboxylic acids is 1. The lowest BCUT2D eigenvalue weighted by molar-refractivity contribution is -0.305. The van der Waals surface area contributed by atoms with E-state index in [1.165, 1.54) is 0 Å². The minimum absolute atomic E-state index is 0.0215. The van der Waals surface area contributed by atoms with Gasteiger partial charge in [-0.05, 0) is 43.5 Å². The van der Waals surface area contributed by atoms with E-state index in [1.54, 1.807) is 0 Å². The van der Waals surface area contributed by atoms with Crippen LogP contribution in [0.2, 0.25) is 0 Å². The summed E-state index contributed by atoms with van der Waals surface area (Å²) in [6.07, 6.45) is -0.356. The number of benzene rings is 1. The van der Waals surface area contributed by atoms with Crippen molar-refractivity contribution in [1.29, 1.82) is 0 Å². The van der Waals surface area contributed by atoms with Gasteiger partial charge < -0.3 is 15.2 Å². The fraction of sp³-hybridized carbons (Fsp3) is 0.312. The van der Waals surface area contributed by atoms with E-state index >= 15 is 0 Å². The van der Waals surface area contributed by atoms with Crippen LogP contribution < -0.4 is 16.0 Å². The number of rotatable bonds is 7. The molecule has 2 rings (SSSR count). The Hall–Kier alpha value is -2.68. The van der Waals surface area contributed by atoms with Crippen molar-refractivity contribution in [2.75, 3.05) is 11.1 Å². The summed E-state index contributed by atoms with van der Waals surface area (Å²) < 4.78 is 0. The summed E-state index contributed by atoms with van der Waals surface area (Å²) in [7, 11) is 0. The number of nitrogens with one attached hydrogen (secondary N) is 2. The minimum atomic E-state index is -1.26. The van der Waals surface area contributed by atoms with Crippen molar-refractivity contribution < 1.29 is 14.7 Å². The van der Waals surface area contributed by atoms with Gasteiger partial charge in [-0.25, -0.2) is 0 Å². The van der Waals surface area contributed by atoms with Crippen LogP contribution in [0.15, 0.2) is 28.2 Å².